The Bertz CT molecular complexity index is 666. The molecule has 9 heteroatoms. The van der Waals surface area contributed by atoms with Crippen LogP contribution in [0.3, 0.4) is 0 Å². The number of hydrogen-bond acceptors (Lipinski definition) is 5. The highest BCUT2D eigenvalue weighted by Crippen LogP contribution is 2.33. The van der Waals surface area contributed by atoms with Crippen molar-refractivity contribution in [1.29, 1.82) is 0 Å². The van der Waals surface area contributed by atoms with E-state index in [1.165, 1.54) is 19.2 Å². The summed E-state index contributed by atoms with van der Waals surface area (Å²) in [5.74, 6) is -1.27. The zero-order valence-corrected chi connectivity index (χ0v) is 11.6. The Kier molecular flexibility index (Phi) is 3.87. The number of methoxy groups -OCH3 is 1. The highest BCUT2D eigenvalue weighted by atomic mass is 32.2. The Hall–Kier alpha value is -1.77. The molecule has 1 aliphatic rings. The standard InChI is InChI=1S/C12H11F3O5S/c1-19-11(16)9-4-7-2-3-10(6-8(7)5-9)20-21(17,18)12(13,14)15/h2-3,6,9H,4-5H2,1H3. The molecule has 0 heterocycles. The highest BCUT2D eigenvalue weighted by molar-refractivity contribution is 7.88. The quantitative estimate of drug-likeness (QED) is 0.482. The van der Waals surface area contributed by atoms with Gasteiger partial charge in [0.25, 0.3) is 0 Å². The molecule has 0 radical (unpaired) electrons. The molecule has 0 saturated carbocycles. The number of carbonyl (C=O) groups excluding carboxylic acids is 1. The van der Waals surface area contributed by atoms with Crippen LogP contribution in [0.1, 0.15) is 11.1 Å². The van der Waals surface area contributed by atoms with Crippen LogP contribution in [0.15, 0.2) is 18.2 Å². The summed E-state index contributed by atoms with van der Waals surface area (Å²) in [6.45, 7) is 0. The number of hydrogen-bond donors (Lipinski definition) is 0. The summed E-state index contributed by atoms with van der Waals surface area (Å²) >= 11 is 0. The van der Waals surface area contributed by atoms with Gasteiger partial charge in [-0.3, -0.25) is 4.79 Å². The second-order valence-corrected chi connectivity index (χ2v) is 6.08. The molecule has 1 aromatic rings. The van der Waals surface area contributed by atoms with Crippen molar-refractivity contribution in [2.24, 2.45) is 5.92 Å². The van der Waals surface area contributed by atoms with Gasteiger partial charge < -0.3 is 8.92 Å². The average Bonchev–Trinajstić information content (AvgIpc) is 2.79. The van der Waals surface area contributed by atoms with Gasteiger partial charge in [-0.1, -0.05) is 6.07 Å². The molecule has 0 aliphatic heterocycles. The molecular formula is C12H11F3O5S. The Morgan fingerprint density at radius 3 is 2.43 bits per heavy atom. The van der Waals surface area contributed by atoms with Crippen LogP contribution in [0.4, 0.5) is 13.2 Å². The van der Waals surface area contributed by atoms with Gasteiger partial charge in [-0.25, -0.2) is 0 Å². The predicted octanol–water partition coefficient (Wildman–Crippen LogP) is 1.80. The summed E-state index contributed by atoms with van der Waals surface area (Å²) in [6, 6.07) is 3.77. The molecule has 5 nitrogen and oxygen atoms in total. The number of halogens is 3. The van der Waals surface area contributed by atoms with Crippen LogP contribution < -0.4 is 4.18 Å². The van der Waals surface area contributed by atoms with Crippen molar-refractivity contribution in [2.75, 3.05) is 7.11 Å². The van der Waals surface area contributed by atoms with Gasteiger partial charge in [0.15, 0.2) is 0 Å². The SMILES string of the molecule is COC(=O)C1Cc2ccc(OS(=O)(=O)C(F)(F)F)cc2C1. The smallest absolute Gasteiger partial charge is 0.469 e. The number of ether oxygens (including phenoxy) is 1. The minimum Gasteiger partial charge on any atom is -0.469 e. The first-order chi connectivity index (χ1) is 9.64. The number of carbonyl (C=O) groups is 1. The number of benzene rings is 1. The molecule has 0 spiro atoms. The fourth-order valence-electron chi connectivity index (χ4n) is 2.15. The van der Waals surface area contributed by atoms with Gasteiger partial charge >= 0.3 is 21.6 Å². The van der Waals surface area contributed by atoms with E-state index in [0.717, 1.165) is 11.6 Å². The Labute approximate surface area is 118 Å². The lowest BCUT2D eigenvalue weighted by atomic mass is 10.1. The van der Waals surface area contributed by atoms with Gasteiger partial charge in [0, 0.05) is 0 Å². The van der Waals surface area contributed by atoms with E-state index < -0.39 is 33.3 Å². The molecule has 1 aromatic carbocycles. The second kappa shape index (κ2) is 5.21. The van der Waals surface area contributed by atoms with Crippen molar-refractivity contribution in [3.05, 3.63) is 29.3 Å². The van der Waals surface area contributed by atoms with E-state index in [2.05, 4.69) is 8.92 Å². The van der Waals surface area contributed by atoms with Crippen molar-refractivity contribution in [2.45, 2.75) is 18.3 Å². The van der Waals surface area contributed by atoms with Crippen molar-refractivity contribution in [3.8, 4) is 5.75 Å². The summed E-state index contributed by atoms with van der Waals surface area (Å²) < 4.78 is 67.2. The van der Waals surface area contributed by atoms with E-state index in [9.17, 15) is 26.4 Å². The Morgan fingerprint density at radius 2 is 1.86 bits per heavy atom. The number of fused-ring (bicyclic) bond motifs is 1. The zero-order chi connectivity index (χ0) is 15.8. The van der Waals surface area contributed by atoms with Gasteiger partial charge in [0.1, 0.15) is 5.75 Å². The number of rotatable bonds is 3. The zero-order valence-electron chi connectivity index (χ0n) is 10.8. The molecule has 1 aliphatic carbocycles. The summed E-state index contributed by atoms with van der Waals surface area (Å²) in [6.07, 6.45) is 0.666. The Morgan fingerprint density at radius 1 is 1.24 bits per heavy atom. The van der Waals surface area contributed by atoms with Gasteiger partial charge in [-0.15, -0.1) is 0 Å². The number of alkyl halides is 3. The van der Waals surface area contributed by atoms with E-state index in [4.69, 9.17) is 0 Å². The van der Waals surface area contributed by atoms with Crippen LogP contribution in [-0.4, -0.2) is 27.0 Å². The Balaban J connectivity index is 2.20. The molecule has 1 atom stereocenters. The van der Waals surface area contributed by atoms with Crippen LogP contribution in [0, 0.1) is 5.92 Å². The molecule has 0 amide bonds. The van der Waals surface area contributed by atoms with E-state index in [0.29, 0.717) is 12.0 Å². The maximum Gasteiger partial charge on any atom is 0.534 e. The first-order valence-electron chi connectivity index (χ1n) is 5.84. The molecule has 1 unspecified atom stereocenters. The molecule has 0 N–H and O–H groups in total. The maximum absolute atomic E-state index is 12.2. The monoisotopic (exact) mass is 324 g/mol. The van der Waals surface area contributed by atoms with Gasteiger partial charge in [0.05, 0.1) is 13.0 Å². The van der Waals surface area contributed by atoms with Crippen molar-refractivity contribution in [1.82, 2.24) is 0 Å². The highest BCUT2D eigenvalue weighted by Gasteiger charge is 2.48. The largest absolute Gasteiger partial charge is 0.534 e. The predicted molar refractivity (Wildman–Crippen MR) is 65.0 cm³/mol. The van der Waals surface area contributed by atoms with E-state index in [1.807, 2.05) is 0 Å². The van der Waals surface area contributed by atoms with Crippen LogP contribution in [0.2, 0.25) is 0 Å². The molecule has 0 saturated heterocycles. The minimum atomic E-state index is -5.69. The minimum absolute atomic E-state index is 0.269. The first kappa shape index (κ1) is 15.6. The fraction of sp³-hybridized carbons (Fsp3) is 0.417. The summed E-state index contributed by atoms with van der Waals surface area (Å²) in [5.41, 5.74) is -4.16. The fourth-order valence-corrected chi connectivity index (χ4v) is 2.61. The third kappa shape index (κ3) is 3.12. The van der Waals surface area contributed by atoms with Gasteiger partial charge in [0.2, 0.25) is 0 Å². The molecule has 0 bridgehead atoms. The third-order valence-corrected chi connectivity index (χ3v) is 4.11. The van der Waals surface area contributed by atoms with Crippen LogP contribution in [0.5, 0.6) is 5.75 Å². The lowest BCUT2D eigenvalue weighted by Crippen LogP contribution is -2.28. The van der Waals surface area contributed by atoms with Crippen LogP contribution >= 0.6 is 0 Å². The molecule has 21 heavy (non-hydrogen) atoms. The summed E-state index contributed by atoms with van der Waals surface area (Å²) in [5, 5.41) is 0. The van der Waals surface area contributed by atoms with Crippen LogP contribution in [-0.2, 0) is 32.5 Å². The first-order valence-corrected chi connectivity index (χ1v) is 7.25. The molecule has 2 rings (SSSR count). The van der Waals surface area contributed by atoms with Gasteiger partial charge in [-0.2, -0.15) is 21.6 Å². The van der Waals surface area contributed by atoms with Crippen LogP contribution in [0.25, 0.3) is 0 Å². The van der Waals surface area contributed by atoms with Crippen molar-refractivity contribution in [3.63, 3.8) is 0 Å². The molecule has 0 fully saturated rings. The average molecular weight is 324 g/mol. The third-order valence-electron chi connectivity index (χ3n) is 3.13. The summed E-state index contributed by atoms with van der Waals surface area (Å²) in [4.78, 5) is 11.4. The van der Waals surface area contributed by atoms with Gasteiger partial charge in [-0.05, 0) is 36.1 Å². The van der Waals surface area contributed by atoms with E-state index in [1.54, 1.807) is 0 Å². The van der Waals surface area contributed by atoms with E-state index in [-0.39, 0.29) is 6.42 Å². The lowest BCUT2D eigenvalue weighted by Gasteiger charge is -2.10. The molecule has 0 aromatic heterocycles. The lowest BCUT2D eigenvalue weighted by molar-refractivity contribution is -0.145. The van der Waals surface area contributed by atoms with E-state index >= 15 is 0 Å². The van der Waals surface area contributed by atoms with Crippen molar-refractivity contribution < 1.29 is 35.3 Å². The van der Waals surface area contributed by atoms with Crippen molar-refractivity contribution >= 4 is 16.1 Å². The maximum atomic E-state index is 12.2. The topological polar surface area (TPSA) is 69.7 Å². The normalized spacial score (nSPS) is 18.2. The molecule has 116 valence electrons. The number of esters is 1. The second-order valence-electron chi connectivity index (χ2n) is 4.54. The molecular weight excluding hydrogens is 313 g/mol. The summed E-state index contributed by atoms with van der Waals surface area (Å²) in [7, 11) is -4.45.